The van der Waals surface area contributed by atoms with Gasteiger partial charge in [0.05, 0.1) is 13.0 Å². The molecule has 3 aromatic rings. The first-order valence-corrected chi connectivity index (χ1v) is 11.0. The van der Waals surface area contributed by atoms with Gasteiger partial charge in [0.25, 0.3) is 11.8 Å². The fourth-order valence-electron chi connectivity index (χ4n) is 4.28. The summed E-state index contributed by atoms with van der Waals surface area (Å²) in [5, 5.41) is 7.21. The van der Waals surface area contributed by atoms with Crippen LogP contribution >= 0.6 is 0 Å². The average Bonchev–Trinajstić information content (AvgIpc) is 2.87. The number of carbonyl (C=O) groups is 3. The quantitative estimate of drug-likeness (QED) is 0.627. The molecule has 0 unspecified atom stereocenters. The molecule has 7 nitrogen and oxygen atoms in total. The highest BCUT2D eigenvalue weighted by molar-refractivity contribution is 6.09. The normalized spacial score (nSPS) is 15.7. The van der Waals surface area contributed by atoms with Crippen molar-refractivity contribution in [2.45, 2.75) is 12.8 Å². The monoisotopic (exact) mass is 445 g/mol. The molecule has 3 aromatic carbocycles. The van der Waals surface area contributed by atoms with E-state index in [1.165, 1.54) is 0 Å². The van der Waals surface area contributed by atoms with Gasteiger partial charge in [-0.15, -0.1) is 0 Å². The van der Waals surface area contributed by atoms with Crippen molar-refractivity contribution in [3.8, 4) is 5.75 Å². The zero-order chi connectivity index (χ0) is 23.4. The van der Waals surface area contributed by atoms with Crippen LogP contribution in [0.3, 0.4) is 0 Å². The third-order valence-corrected chi connectivity index (χ3v) is 6.06. The number of carbonyl (C=O) groups excluding carboxylic acids is 3. The summed E-state index contributed by atoms with van der Waals surface area (Å²) < 4.78 is 5.44. The molecule has 2 N–H and O–H groups in total. The van der Waals surface area contributed by atoms with Crippen LogP contribution in [0.2, 0.25) is 0 Å². The van der Waals surface area contributed by atoms with E-state index >= 15 is 0 Å². The largest absolute Gasteiger partial charge is 0.496 e. The Morgan fingerprint density at radius 2 is 1.70 bits per heavy atom. The maximum Gasteiger partial charge on any atom is 0.254 e. The van der Waals surface area contributed by atoms with E-state index in [9.17, 15) is 14.4 Å². The van der Waals surface area contributed by atoms with Crippen molar-refractivity contribution in [2.24, 2.45) is 5.92 Å². The Bertz CT molecular complexity index is 1190. The van der Waals surface area contributed by atoms with Gasteiger partial charge < -0.3 is 20.3 Å². The van der Waals surface area contributed by atoms with Crippen molar-refractivity contribution < 1.29 is 19.1 Å². The molecule has 1 fully saturated rings. The lowest BCUT2D eigenvalue weighted by Crippen LogP contribution is -2.43. The molecule has 1 saturated heterocycles. The molecule has 1 aliphatic rings. The fourth-order valence-corrected chi connectivity index (χ4v) is 4.28. The molecule has 33 heavy (non-hydrogen) atoms. The molecule has 170 valence electrons. The van der Waals surface area contributed by atoms with Crippen LogP contribution in [0.25, 0.3) is 10.8 Å². The summed E-state index contributed by atoms with van der Waals surface area (Å²) in [5.41, 5.74) is 1.76. The van der Waals surface area contributed by atoms with E-state index in [-0.39, 0.29) is 23.6 Å². The summed E-state index contributed by atoms with van der Waals surface area (Å²) in [6.45, 7) is 0.977. The second kappa shape index (κ2) is 9.73. The summed E-state index contributed by atoms with van der Waals surface area (Å²) in [5.74, 6) is 0.0350. The highest BCUT2D eigenvalue weighted by Crippen LogP contribution is 2.30. The Morgan fingerprint density at radius 1 is 0.970 bits per heavy atom. The molecule has 0 aliphatic carbocycles. The lowest BCUT2D eigenvalue weighted by Gasteiger charge is -2.32. The van der Waals surface area contributed by atoms with Crippen LogP contribution < -0.4 is 15.4 Å². The lowest BCUT2D eigenvalue weighted by molar-refractivity contribution is -0.121. The number of fused-ring (bicyclic) bond motifs is 1. The van der Waals surface area contributed by atoms with E-state index in [1.54, 1.807) is 49.4 Å². The van der Waals surface area contributed by atoms with Gasteiger partial charge in [-0.25, -0.2) is 0 Å². The predicted molar refractivity (Wildman–Crippen MR) is 128 cm³/mol. The number of ether oxygens (including phenoxy) is 1. The minimum absolute atomic E-state index is 0.0821. The van der Waals surface area contributed by atoms with Crippen molar-refractivity contribution in [3.63, 3.8) is 0 Å². The van der Waals surface area contributed by atoms with Gasteiger partial charge in [-0.3, -0.25) is 14.4 Å². The molecule has 0 spiro atoms. The SMILES string of the molecule is CNC(=O)c1ccc(NC(=O)[C@H]2CCCN(C(=O)c3ccc(OC)c4ccccc34)C2)cc1. The highest BCUT2D eigenvalue weighted by Gasteiger charge is 2.30. The predicted octanol–water partition coefficient (Wildman–Crippen LogP) is 3.70. The number of rotatable bonds is 5. The van der Waals surface area contributed by atoms with Crippen LogP contribution in [0.15, 0.2) is 60.7 Å². The first kappa shape index (κ1) is 22.3. The van der Waals surface area contributed by atoms with Gasteiger partial charge in [0.1, 0.15) is 5.75 Å². The molecule has 1 heterocycles. The van der Waals surface area contributed by atoms with Gasteiger partial charge in [0.2, 0.25) is 5.91 Å². The van der Waals surface area contributed by atoms with Gasteiger partial charge in [0.15, 0.2) is 0 Å². The molecule has 3 amide bonds. The molecule has 0 saturated carbocycles. The van der Waals surface area contributed by atoms with E-state index in [2.05, 4.69) is 10.6 Å². The minimum Gasteiger partial charge on any atom is -0.496 e. The second-order valence-corrected chi connectivity index (χ2v) is 8.10. The van der Waals surface area contributed by atoms with E-state index < -0.39 is 0 Å². The number of methoxy groups -OCH3 is 1. The summed E-state index contributed by atoms with van der Waals surface area (Å²) in [6, 6.07) is 18.0. The van der Waals surface area contributed by atoms with E-state index in [0.717, 1.165) is 29.4 Å². The number of anilines is 1. The summed E-state index contributed by atoms with van der Waals surface area (Å²) in [4.78, 5) is 39.7. The minimum atomic E-state index is -0.300. The number of likely N-dealkylation sites (tertiary alicyclic amines) is 1. The molecule has 0 aromatic heterocycles. The van der Waals surface area contributed by atoms with Crippen LogP contribution in [-0.4, -0.2) is 49.9 Å². The molecule has 7 heteroatoms. The third-order valence-electron chi connectivity index (χ3n) is 6.06. The summed E-state index contributed by atoms with van der Waals surface area (Å²) in [6.07, 6.45) is 1.48. The maximum absolute atomic E-state index is 13.4. The van der Waals surface area contributed by atoms with E-state index in [4.69, 9.17) is 4.74 Å². The zero-order valence-electron chi connectivity index (χ0n) is 18.8. The Labute approximate surface area is 192 Å². The third kappa shape index (κ3) is 4.67. The van der Waals surface area contributed by atoms with Crippen LogP contribution in [0.4, 0.5) is 5.69 Å². The molecular weight excluding hydrogens is 418 g/mol. The zero-order valence-corrected chi connectivity index (χ0v) is 18.8. The van der Waals surface area contributed by atoms with Crippen LogP contribution in [-0.2, 0) is 4.79 Å². The van der Waals surface area contributed by atoms with E-state index in [0.29, 0.717) is 29.9 Å². The molecule has 0 radical (unpaired) electrons. The van der Waals surface area contributed by atoms with Crippen LogP contribution in [0.1, 0.15) is 33.6 Å². The number of nitrogens with one attached hydrogen (secondary N) is 2. The summed E-state index contributed by atoms with van der Waals surface area (Å²) in [7, 11) is 3.19. The first-order chi connectivity index (χ1) is 16.0. The van der Waals surface area contributed by atoms with E-state index in [1.807, 2.05) is 30.3 Å². The van der Waals surface area contributed by atoms with Crippen molar-refractivity contribution in [1.82, 2.24) is 10.2 Å². The first-order valence-electron chi connectivity index (χ1n) is 11.0. The molecular formula is C26H27N3O4. The van der Waals surface area contributed by atoms with Crippen molar-refractivity contribution in [1.29, 1.82) is 0 Å². The lowest BCUT2D eigenvalue weighted by atomic mass is 9.95. The second-order valence-electron chi connectivity index (χ2n) is 8.10. The van der Waals surface area contributed by atoms with Crippen molar-refractivity contribution in [2.75, 3.05) is 32.6 Å². The number of hydrogen-bond donors (Lipinski definition) is 2. The molecule has 1 aliphatic heterocycles. The smallest absolute Gasteiger partial charge is 0.254 e. The maximum atomic E-state index is 13.4. The molecule has 4 rings (SSSR count). The molecule has 0 bridgehead atoms. The van der Waals surface area contributed by atoms with Crippen molar-refractivity contribution in [3.05, 3.63) is 71.8 Å². The Hall–Kier alpha value is -3.87. The number of nitrogens with zero attached hydrogens (tertiary/aromatic N) is 1. The fraction of sp³-hybridized carbons (Fsp3) is 0.269. The number of hydrogen-bond acceptors (Lipinski definition) is 4. The van der Waals surface area contributed by atoms with Gasteiger partial charge in [-0.1, -0.05) is 24.3 Å². The Kier molecular flexibility index (Phi) is 6.58. The standard InChI is InChI=1S/C26H27N3O4/c1-27-24(30)17-9-11-19(12-10-17)28-25(31)18-6-5-15-29(16-18)26(32)22-13-14-23(33-2)21-8-4-3-7-20(21)22/h3-4,7-14,18H,5-6,15-16H2,1-2H3,(H,27,30)(H,28,31)/t18-/m0/s1. The van der Waals surface area contributed by atoms with Gasteiger partial charge in [-0.2, -0.15) is 0 Å². The van der Waals surface area contributed by atoms with Gasteiger partial charge >= 0.3 is 0 Å². The average molecular weight is 446 g/mol. The van der Waals surface area contributed by atoms with Crippen molar-refractivity contribution >= 4 is 34.2 Å². The number of piperidine rings is 1. The molecule has 1 atom stereocenters. The highest BCUT2D eigenvalue weighted by atomic mass is 16.5. The topological polar surface area (TPSA) is 87.7 Å². The summed E-state index contributed by atoms with van der Waals surface area (Å²) >= 11 is 0. The van der Waals surface area contributed by atoms with Gasteiger partial charge in [0, 0.05) is 42.3 Å². The van der Waals surface area contributed by atoms with Crippen LogP contribution in [0.5, 0.6) is 5.75 Å². The number of benzene rings is 3. The number of amides is 3. The Morgan fingerprint density at radius 3 is 2.39 bits per heavy atom. The Balaban J connectivity index is 1.47. The van der Waals surface area contributed by atoms with Crippen LogP contribution in [0, 0.1) is 5.92 Å². The van der Waals surface area contributed by atoms with Gasteiger partial charge in [-0.05, 0) is 54.6 Å².